The summed E-state index contributed by atoms with van der Waals surface area (Å²) in [5, 5.41) is 9.02. The van der Waals surface area contributed by atoms with Crippen molar-refractivity contribution in [3.05, 3.63) is 88.0 Å². The molecular weight excluding hydrogens is 292 g/mol. The van der Waals surface area contributed by atoms with Crippen LogP contribution >= 0.6 is 0 Å². The molecule has 1 aromatic heterocycles. The maximum Gasteiger partial charge on any atom is 0.227 e. The fraction of sp³-hybridized carbons (Fsp3) is 0.211. The van der Waals surface area contributed by atoms with E-state index in [1.165, 1.54) is 12.3 Å². The summed E-state index contributed by atoms with van der Waals surface area (Å²) in [6, 6.07) is 11.0. The monoisotopic (exact) mass is 310 g/mol. The van der Waals surface area contributed by atoms with Crippen LogP contribution in [0.1, 0.15) is 30.3 Å². The van der Waals surface area contributed by atoms with Crippen molar-refractivity contribution < 1.29 is 14.3 Å². The van der Waals surface area contributed by atoms with Crippen molar-refractivity contribution in [2.24, 2.45) is 0 Å². The van der Waals surface area contributed by atoms with Crippen LogP contribution in [0.25, 0.3) is 0 Å². The van der Waals surface area contributed by atoms with Gasteiger partial charge >= 0.3 is 0 Å². The Kier molecular flexibility index (Phi) is 4.74. The summed E-state index contributed by atoms with van der Waals surface area (Å²) in [4.78, 5) is 12.1. The van der Waals surface area contributed by atoms with E-state index in [1.807, 2.05) is 36.4 Å². The molecule has 4 heteroatoms. The molecule has 0 aliphatic heterocycles. The number of hydrogen-bond acceptors (Lipinski definition) is 4. The zero-order valence-corrected chi connectivity index (χ0v) is 12.6. The lowest BCUT2D eigenvalue weighted by atomic mass is 9.96. The summed E-state index contributed by atoms with van der Waals surface area (Å²) in [5.74, 6) is 0.353. The predicted molar refractivity (Wildman–Crippen MR) is 87.2 cm³/mol. The summed E-state index contributed by atoms with van der Waals surface area (Å²) in [7, 11) is 0. The average Bonchev–Trinajstić information content (AvgIpc) is 2.62. The quantitative estimate of drug-likeness (QED) is 0.918. The molecule has 1 atom stereocenters. The minimum Gasteiger partial charge on any atom is -0.474 e. The van der Waals surface area contributed by atoms with Crippen LogP contribution in [-0.4, -0.2) is 5.11 Å². The van der Waals surface area contributed by atoms with Gasteiger partial charge in [-0.05, 0) is 24.0 Å². The lowest BCUT2D eigenvalue weighted by molar-refractivity contribution is 0.220. The number of hydrogen-bond donors (Lipinski definition) is 1. The van der Waals surface area contributed by atoms with Crippen molar-refractivity contribution in [3.63, 3.8) is 0 Å². The van der Waals surface area contributed by atoms with E-state index in [1.54, 1.807) is 0 Å². The molecule has 118 valence electrons. The van der Waals surface area contributed by atoms with Crippen LogP contribution < -0.4 is 10.2 Å². The maximum atomic E-state index is 12.1. The number of rotatable bonds is 5. The normalized spacial score (nSPS) is 15.1. The van der Waals surface area contributed by atoms with E-state index in [0.717, 1.165) is 24.0 Å². The van der Waals surface area contributed by atoms with Gasteiger partial charge in [0, 0.05) is 6.07 Å². The molecule has 0 fully saturated rings. The lowest BCUT2D eigenvalue weighted by Gasteiger charge is -2.21. The maximum absolute atomic E-state index is 12.1. The van der Waals surface area contributed by atoms with Crippen molar-refractivity contribution in [1.82, 2.24) is 0 Å². The van der Waals surface area contributed by atoms with E-state index >= 15 is 0 Å². The molecule has 2 aromatic rings. The summed E-state index contributed by atoms with van der Waals surface area (Å²) in [6.07, 6.45) is 9.13. The van der Waals surface area contributed by atoms with Crippen LogP contribution in [0.15, 0.2) is 75.7 Å². The summed E-state index contributed by atoms with van der Waals surface area (Å²) in [5.41, 5.74) is 1.69. The van der Waals surface area contributed by atoms with Gasteiger partial charge in [0.05, 0.1) is 0 Å². The first kappa shape index (κ1) is 15.3. The van der Waals surface area contributed by atoms with Gasteiger partial charge in [0.15, 0.2) is 0 Å². The predicted octanol–water partition coefficient (Wildman–Crippen LogP) is 3.53. The Morgan fingerprint density at radius 3 is 2.70 bits per heavy atom. The van der Waals surface area contributed by atoms with Gasteiger partial charge in [-0.15, -0.1) is 0 Å². The zero-order chi connectivity index (χ0) is 16.1. The zero-order valence-electron chi connectivity index (χ0n) is 12.6. The molecule has 0 saturated carbocycles. The Morgan fingerprint density at radius 2 is 2.04 bits per heavy atom. The van der Waals surface area contributed by atoms with Crippen LogP contribution in [0.5, 0.6) is 5.75 Å². The number of ether oxygens (including phenoxy) is 1. The molecule has 0 spiro atoms. The van der Waals surface area contributed by atoms with Gasteiger partial charge < -0.3 is 14.3 Å². The Morgan fingerprint density at radius 1 is 1.22 bits per heavy atom. The summed E-state index contributed by atoms with van der Waals surface area (Å²) >= 11 is 0. The largest absolute Gasteiger partial charge is 0.474 e. The van der Waals surface area contributed by atoms with Gasteiger partial charge in [-0.3, -0.25) is 4.79 Å². The van der Waals surface area contributed by atoms with Gasteiger partial charge in [-0.25, -0.2) is 0 Å². The van der Waals surface area contributed by atoms with Crippen LogP contribution in [0.2, 0.25) is 0 Å². The second-order valence-corrected chi connectivity index (χ2v) is 5.33. The van der Waals surface area contributed by atoms with Crippen LogP contribution in [0, 0.1) is 0 Å². The molecule has 1 aliphatic carbocycles. The molecule has 4 nitrogen and oxygen atoms in total. The van der Waals surface area contributed by atoms with E-state index in [0.29, 0.717) is 0 Å². The van der Waals surface area contributed by atoms with E-state index in [2.05, 4.69) is 12.2 Å². The Balaban J connectivity index is 1.95. The lowest BCUT2D eigenvalue weighted by Crippen LogP contribution is -2.15. The molecule has 1 aromatic carbocycles. The molecule has 0 bridgehead atoms. The van der Waals surface area contributed by atoms with Crippen molar-refractivity contribution in [2.45, 2.75) is 25.6 Å². The molecular formula is C19H18O4. The van der Waals surface area contributed by atoms with Gasteiger partial charge in [-0.1, -0.05) is 48.6 Å². The molecule has 1 aliphatic rings. The third kappa shape index (κ3) is 3.60. The third-order valence-corrected chi connectivity index (χ3v) is 3.68. The topological polar surface area (TPSA) is 59.7 Å². The fourth-order valence-electron chi connectivity index (χ4n) is 2.52. The summed E-state index contributed by atoms with van der Waals surface area (Å²) < 4.78 is 11.2. The van der Waals surface area contributed by atoms with Gasteiger partial charge in [0.25, 0.3) is 0 Å². The van der Waals surface area contributed by atoms with Crippen molar-refractivity contribution in [3.8, 4) is 5.75 Å². The molecule has 1 heterocycles. The minimum absolute atomic E-state index is 0.135. The molecule has 0 radical (unpaired) electrons. The third-order valence-electron chi connectivity index (χ3n) is 3.68. The molecule has 3 rings (SSSR count). The highest BCUT2D eigenvalue weighted by Gasteiger charge is 2.19. The minimum atomic E-state index is -0.365. The van der Waals surface area contributed by atoms with E-state index < -0.39 is 0 Å². The van der Waals surface area contributed by atoms with Gasteiger partial charge in [0.1, 0.15) is 24.7 Å². The summed E-state index contributed by atoms with van der Waals surface area (Å²) in [6.45, 7) is -0.314. The van der Waals surface area contributed by atoms with Crippen LogP contribution in [0.4, 0.5) is 0 Å². The Labute approximate surface area is 134 Å². The molecule has 23 heavy (non-hydrogen) atoms. The van der Waals surface area contributed by atoms with Gasteiger partial charge in [0.2, 0.25) is 11.2 Å². The highest BCUT2D eigenvalue weighted by Crippen LogP contribution is 2.30. The van der Waals surface area contributed by atoms with E-state index in [4.69, 9.17) is 14.3 Å². The van der Waals surface area contributed by atoms with Crippen LogP contribution in [-0.2, 0) is 6.61 Å². The first-order valence-corrected chi connectivity index (χ1v) is 7.58. The first-order chi connectivity index (χ1) is 11.3. The SMILES string of the molecule is O=c1cc(CO)occ1OC(C1=CCCC=C1)c1ccccc1. The average molecular weight is 310 g/mol. The van der Waals surface area contributed by atoms with E-state index in [-0.39, 0.29) is 29.6 Å². The number of aliphatic hydroxyl groups excluding tert-OH is 1. The Hall–Kier alpha value is -2.59. The Bertz CT molecular complexity index is 771. The number of benzene rings is 1. The molecule has 1 unspecified atom stereocenters. The van der Waals surface area contributed by atoms with E-state index in [9.17, 15) is 4.79 Å². The van der Waals surface area contributed by atoms with Crippen molar-refractivity contribution in [2.75, 3.05) is 0 Å². The number of aliphatic hydroxyl groups is 1. The second-order valence-electron chi connectivity index (χ2n) is 5.33. The smallest absolute Gasteiger partial charge is 0.227 e. The molecule has 0 amide bonds. The first-order valence-electron chi connectivity index (χ1n) is 7.58. The molecule has 0 saturated heterocycles. The van der Waals surface area contributed by atoms with Crippen molar-refractivity contribution >= 4 is 0 Å². The fourth-order valence-corrected chi connectivity index (χ4v) is 2.52. The van der Waals surface area contributed by atoms with Crippen molar-refractivity contribution in [1.29, 1.82) is 0 Å². The number of allylic oxidation sites excluding steroid dienone is 2. The van der Waals surface area contributed by atoms with Gasteiger partial charge in [-0.2, -0.15) is 0 Å². The second kappa shape index (κ2) is 7.11. The van der Waals surface area contributed by atoms with Crippen LogP contribution in [0.3, 0.4) is 0 Å². The standard InChI is InChI=1S/C19H18O4/c20-12-16-11-17(21)18(13-22-16)23-19(14-7-3-1-4-8-14)15-9-5-2-6-10-15/h1,3-5,7-11,13,19-20H,2,6,12H2. The highest BCUT2D eigenvalue weighted by molar-refractivity contribution is 5.36. The molecule has 1 N–H and O–H groups in total. The highest BCUT2D eigenvalue weighted by atomic mass is 16.5.